The summed E-state index contributed by atoms with van der Waals surface area (Å²) in [6.07, 6.45) is 7.64. The van der Waals surface area contributed by atoms with Gasteiger partial charge in [-0.3, -0.25) is 0 Å². The molecular weight excluding hydrogens is 378 g/mol. The van der Waals surface area contributed by atoms with Crippen LogP contribution < -0.4 is 0 Å². The van der Waals surface area contributed by atoms with E-state index in [0.29, 0.717) is 23.4 Å². The van der Waals surface area contributed by atoms with Crippen molar-refractivity contribution in [3.63, 3.8) is 0 Å². The fourth-order valence-electron chi connectivity index (χ4n) is 3.69. The first-order valence-electron chi connectivity index (χ1n) is 10.0. The van der Waals surface area contributed by atoms with E-state index in [1.807, 2.05) is 12.1 Å². The minimum Gasteiger partial charge on any atom is -0.478 e. The smallest absolute Gasteiger partial charge is 0.335 e. The number of carbonyl (C=O) groups is 1. The minimum atomic E-state index is -0.954. The van der Waals surface area contributed by atoms with Gasteiger partial charge in [0, 0.05) is 23.8 Å². The molecule has 0 radical (unpaired) electrons. The zero-order chi connectivity index (χ0) is 20.8. The third kappa shape index (κ3) is 4.30. The van der Waals surface area contributed by atoms with Crippen LogP contribution >= 0.6 is 0 Å². The number of carboxylic acid groups (broad SMARTS) is 1. The molecule has 7 nitrogen and oxygen atoms in total. The molecule has 4 aromatic rings. The van der Waals surface area contributed by atoms with E-state index in [9.17, 15) is 9.90 Å². The molecule has 0 unspecified atom stereocenters. The van der Waals surface area contributed by atoms with Crippen LogP contribution in [0.5, 0.6) is 0 Å². The Morgan fingerprint density at radius 2 is 1.87 bits per heavy atom. The summed E-state index contributed by atoms with van der Waals surface area (Å²) < 4.78 is 2.27. The van der Waals surface area contributed by atoms with Crippen molar-refractivity contribution in [3.8, 4) is 11.4 Å². The number of benzene rings is 2. The Bertz CT molecular complexity index is 1160. The molecule has 0 spiro atoms. The summed E-state index contributed by atoms with van der Waals surface area (Å²) in [5, 5.41) is 25.0. The molecule has 0 saturated carbocycles. The molecule has 2 N–H and O–H groups in total. The van der Waals surface area contributed by atoms with E-state index in [-0.39, 0.29) is 5.57 Å². The lowest BCUT2D eigenvalue weighted by molar-refractivity contribution is -0.130. The van der Waals surface area contributed by atoms with E-state index in [1.165, 1.54) is 10.9 Å². The third-order valence-electron chi connectivity index (χ3n) is 5.17. The number of carboxylic acids is 1. The molecular formula is C23H23N5O2. The molecule has 152 valence electrons. The molecule has 0 amide bonds. The first kappa shape index (κ1) is 19.6. The molecule has 0 atom stereocenters. The minimum absolute atomic E-state index is 0.270. The Labute approximate surface area is 174 Å². The van der Waals surface area contributed by atoms with Crippen LogP contribution in [0, 0.1) is 0 Å². The molecule has 0 aliphatic carbocycles. The maximum atomic E-state index is 11.9. The van der Waals surface area contributed by atoms with Crippen LogP contribution in [0.1, 0.15) is 31.2 Å². The average molecular weight is 401 g/mol. The highest BCUT2D eigenvalue weighted by Crippen LogP contribution is 2.27. The Morgan fingerprint density at radius 1 is 1.03 bits per heavy atom. The number of tetrazole rings is 1. The van der Waals surface area contributed by atoms with E-state index < -0.39 is 5.97 Å². The van der Waals surface area contributed by atoms with Crippen molar-refractivity contribution in [2.45, 2.75) is 32.2 Å². The summed E-state index contributed by atoms with van der Waals surface area (Å²) in [5.74, 6) is -0.568. The van der Waals surface area contributed by atoms with Crippen molar-refractivity contribution < 1.29 is 9.90 Å². The highest BCUT2D eigenvalue weighted by Gasteiger charge is 2.17. The summed E-state index contributed by atoms with van der Waals surface area (Å²) in [5.41, 5.74) is 2.78. The third-order valence-corrected chi connectivity index (χ3v) is 5.17. The monoisotopic (exact) mass is 401 g/mol. The molecule has 0 saturated heterocycles. The number of aliphatic carboxylic acids is 1. The first-order chi connectivity index (χ1) is 14.7. The van der Waals surface area contributed by atoms with Gasteiger partial charge in [-0.2, -0.15) is 5.21 Å². The number of hydrogen-bond acceptors (Lipinski definition) is 4. The first-order valence-corrected chi connectivity index (χ1v) is 10.0. The lowest BCUT2D eigenvalue weighted by atomic mass is 9.97. The van der Waals surface area contributed by atoms with Crippen molar-refractivity contribution >= 4 is 22.4 Å². The highest BCUT2D eigenvalue weighted by atomic mass is 16.4. The predicted octanol–water partition coefficient (Wildman–Crippen LogP) is 4.55. The highest BCUT2D eigenvalue weighted by molar-refractivity contribution is 6.17. The number of nitrogens with zero attached hydrogens (tertiary/aromatic N) is 4. The van der Waals surface area contributed by atoms with Gasteiger partial charge < -0.3 is 9.67 Å². The van der Waals surface area contributed by atoms with Crippen LogP contribution in [0.15, 0.2) is 66.9 Å². The van der Waals surface area contributed by atoms with Crippen molar-refractivity contribution in [1.82, 2.24) is 25.2 Å². The number of hydrogen-bond donors (Lipinski definition) is 2. The zero-order valence-electron chi connectivity index (χ0n) is 16.5. The van der Waals surface area contributed by atoms with E-state index in [0.717, 1.165) is 25.8 Å². The van der Waals surface area contributed by atoms with E-state index in [4.69, 9.17) is 0 Å². The second-order valence-electron chi connectivity index (χ2n) is 7.12. The van der Waals surface area contributed by atoms with Gasteiger partial charge in [-0.05, 0) is 47.6 Å². The number of para-hydroxylation sites is 1. The van der Waals surface area contributed by atoms with Gasteiger partial charge in [0.25, 0.3) is 0 Å². The molecule has 0 aliphatic rings. The maximum Gasteiger partial charge on any atom is 0.335 e. The molecule has 2 heterocycles. The van der Waals surface area contributed by atoms with E-state index in [1.54, 1.807) is 18.2 Å². The average Bonchev–Trinajstić information content (AvgIpc) is 3.43. The van der Waals surface area contributed by atoms with Gasteiger partial charge in [-0.15, -0.1) is 10.2 Å². The number of aromatic amines is 1. The Kier molecular flexibility index (Phi) is 5.98. The van der Waals surface area contributed by atoms with Gasteiger partial charge in [-0.25, -0.2) is 4.79 Å². The summed E-state index contributed by atoms with van der Waals surface area (Å²) in [6, 6.07) is 17.7. The number of aromatic nitrogens is 5. The number of unbranched alkanes of at least 4 members (excludes halogenated alkanes) is 3. The summed E-state index contributed by atoms with van der Waals surface area (Å²) in [7, 11) is 0. The molecule has 0 bridgehead atoms. The number of aryl methyl sites for hydroxylation is 1. The predicted molar refractivity (Wildman–Crippen MR) is 116 cm³/mol. The fraction of sp³-hybridized carbons (Fsp3) is 0.217. The molecule has 2 aromatic heterocycles. The van der Waals surface area contributed by atoms with Gasteiger partial charge in [-0.1, -0.05) is 55.0 Å². The van der Waals surface area contributed by atoms with Crippen LogP contribution in [0.4, 0.5) is 0 Å². The van der Waals surface area contributed by atoms with E-state index >= 15 is 0 Å². The topological polar surface area (TPSA) is 96.7 Å². The number of allylic oxidation sites excluding steroid dienone is 1. The summed E-state index contributed by atoms with van der Waals surface area (Å²) in [4.78, 5) is 11.9. The summed E-state index contributed by atoms with van der Waals surface area (Å²) in [6.45, 7) is 0.962. The van der Waals surface area contributed by atoms with Gasteiger partial charge in [0.05, 0.1) is 5.57 Å². The van der Waals surface area contributed by atoms with Gasteiger partial charge in [0.15, 0.2) is 0 Å². The van der Waals surface area contributed by atoms with Gasteiger partial charge in [0.2, 0.25) is 5.82 Å². The zero-order valence-corrected chi connectivity index (χ0v) is 16.5. The molecule has 0 fully saturated rings. The van der Waals surface area contributed by atoms with E-state index in [2.05, 4.69) is 61.7 Å². The Morgan fingerprint density at radius 3 is 2.70 bits per heavy atom. The number of nitrogens with one attached hydrogen (secondary N) is 1. The lowest BCUT2D eigenvalue weighted by Crippen LogP contribution is -2.02. The van der Waals surface area contributed by atoms with Crippen molar-refractivity contribution in [3.05, 3.63) is 72.4 Å². The lowest BCUT2D eigenvalue weighted by Gasteiger charge is -2.08. The second-order valence-corrected chi connectivity index (χ2v) is 7.12. The van der Waals surface area contributed by atoms with Crippen molar-refractivity contribution in [2.75, 3.05) is 0 Å². The molecule has 2 aromatic carbocycles. The van der Waals surface area contributed by atoms with Gasteiger partial charge >= 0.3 is 5.97 Å². The van der Waals surface area contributed by atoms with Crippen LogP contribution in [0.25, 0.3) is 27.9 Å². The van der Waals surface area contributed by atoms with Crippen molar-refractivity contribution in [1.29, 1.82) is 0 Å². The quantitative estimate of drug-likeness (QED) is 0.317. The number of rotatable bonds is 9. The standard InChI is InChI=1S/C23H23N5O2/c29-23(30)20(18-10-5-6-11-19(18)22-24-26-27-25-22)12-3-1-2-8-15-28-16-14-17-9-4-7-13-21(17)28/h4-7,9-14,16H,1-3,8,15H2,(H,29,30)(H,24,25,26,27). The molecule has 0 aliphatic heterocycles. The number of H-pyrrole nitrogens is 1. The van der Waals surface area contributed by atoms with Crippen molar-refractivity contribution in [2.24, 2.45) is 0 Å². The summed E-state index contributed by atoms with van der Waals surface area (Å²) >= 11 is 0. The maximum absolute atomic E-state index is 11.9. The van der Waals surface area contributed by atoms with Crippen LogP contribution in [-0.4, -0.2) is 36.3 Å². The molecule has 30 heavy (non-hydrogen) atoms. The Balaban J connectivity index is 1.37. The van der Waals surface area contributed by atoms with Crippen LogP contribution in [0.2, 0.25) is 0 Å². The number of fused-ring (bicyclic) bond motifs is 1. The SMILES string of the molecule is O=C(O)C(=CCCCCCn1ccc2ccccc21)c1ccccc1-c1nn[nH]n1. The molecule has 7 heteroatoms. The largest absolute Gasteiger partial charge is 0.478 e. The van der Waals surface area contributed by atoms with Crippen LogP contribution in [-0.2, 0) is 11.3 Å². The van der Waals surface area contributed by atoms with Gasteiger partial charge in [0.1, 0.15) is 0 Å². The van der Waals surface area contributed by atoms with Crippen LogP contribution in [0.3, 0.4) is 0 Å². The second kappa shape index (κ2) is 9.17. The molecule has 4 rings (SSSR count). The fourth-order valence-corrected chi connectivity index (χ4v) is 3.69. The Hall–Kier alpha value is -3.74. The normalized spacial score (nSPS) is 11.8.